The highest BCUT2D eigenvalue weighted by Crippen LogP contribution is 2.32. The number of likely N-dealkylation sites (N-methyl/N-ethyl adjacent to an activating group) is 1. The highest BCUT2D eigenvalue weighted by molar-refractivity contribution is 4.85. The first-order chi connectivity index (χ1) is 5.88. The van der Waals surface area contributed by atoms with Crippen molar-refractivity contribution in [2.75, 3.05) is 19.8 Å². The summed E-state index contributed by atoms with van der Waals surface area (Å²) in [6.07, 6.45) is 3.92. The molecule has 1 N–H and O–H groups in total. The van der Waals surface area contributed by atoms with Gasteiger partial charge in [0.25, 0.3) is 0 Å². The van der Waals surface area contributed by atoms with E-state index >= 15 is 0 Å². The van der Waals surface area contributed by atoms with Gasteiger partial charge >= 0.3 is 0 Å². The first-order valence-corrected chi connectivity index (χ1v) is 5.19. The van der Waals surface area contributed by atoms with Gasteiger partial charge in [0.2, 0.25) is 0 Å². The van der Waals surface area contributed by atoms with Crippen LogP contribution >= 0.6 is 0 Å². The van der Waals surface area contributed by atoms with Crippen molar-refractivity contribution in [3.05, 3.63) is 0 Å². The molecule has 72 valence electrons. The Morgan fingerprint density at radius 3 is 2.67 bits per heavy atom. The Kier molecular flexibility index (Phi) is 4.62. The van der Waals surface area contributed by atoms with Gasteiger partial charge < -0.3 is 10.1 Å². The standard InChI is InChI=1S/C10H21NO/c1-3-7-12-8-10(11-4-2)9-5-6-9/h9-11H,3-8H2,1-2H3. The molecule has 0 aromatic carbocycles. The lowest BCUT2D eigenvalue weighted by Gasteiger charge is -2.16. The van der Waals surface area contributed by atoms with Crippen LogP contribution in [0.5, 0.6) is 0 Å². The Balaban J connectivity index is 2.05. The Bertz CT molecular complexity index is 112. The van der Waals surface area contributed by atoms with Crippen LogP contribution in [0.2, 0.25) is 0 Å². The average molecular weight is 171 g/mol. The second-order valence-electron chi connectivity index (χ2n) is 3.58. The Morgan fingerprint density at radius 2 is 2.17 bits per heavy atom. The molecule has 0 aliphatic heterocycles. The normalized spacial score (nSPS) is 19.5. The predicted octanol–water partition coefficient (Wildman–Crippen LogP) is 1.80. The smallest absolute Gasteiger partial charge is 0.0622 e. The van der Waals surface area contributed by atoms with Gasteiger partial charge in [0.15, 0.2) is 0 Å². The van der Waals surface area contributed by atoms with E-state index in [1.165, 1.54) is 12.8 Å². The summed E-state index contributed by atoms with van der Waals surface area (Å²) in [6, 6.07) is 0.626. The van der Waals surface area contributed by atoms with E-state index in [9.17, 15) is 0 Å². The fourth-order valence-corrected chi connectivity index (χ4v) is 1.48. The summed E-state index contributed by atoms with van der Waals surface area (Å²) < 4.78 is 5.54. The zero-order chi connectivity index (χ0) is 8.81. The minimum atomic E-state index is 0.626. The van der Waals surface area contributed by atoms with Gasteiger partial charge in [-0.2, -0.15) is 0 Å². The Labute approximate surface area is 75.7 Å². The van der Waals surface area contributed by atoms with Gasteiger partial charge in [-0.05, 0) is 31.7 Å². The molecule has 0 bridgehead atoms. The monoisotopic (exact) mass is 171 g/mol. The molecular formula is C10H21NO. The van der Waals surface area contributed by atoms with Crippen LogP contribution in [-0.4, -0.2) is 25.8 Å². The maximum atomic E-state index is 5.54. The summed E-state index contributed by atoms with van der Waals surface area (Å²) in [6.45, 7) is 7.20. The SMILES string of the molecule is CCCOCC(NCC)C1CC1. The second kappa shape index (κ2) is 5.55. The molecule has 0 aromatic heterocycles. The number of hydrogen-bond acceptors (Lipinski definition) is 2. The summed E-state index contributed by atoms with van der Waals surface area (Å²) in [4.78, 5) is 0. The van der Waals surface area contributed by atoms with Crippen LogP contribution in [0.15, 0.2) is 0 Å². The van der Waals surface area contributed by atoms with Gasteiger partial charge in [0, 0.05) is 12.6 Å². The summed E-state index contributed by atoms with van der Waals surface area (Å²) in [5.74, 6) is 0.904. The number of rotatable bonds is 7. The van der Waals surface area contributed by atoms with E-state index in [1.54, 1.807) is 0 Å². The molecule has 0 radical (unpaired) electrons. The van der Waals surface area contributed by atoms with Gasteiger partial charge in [-0.3, -0.25) is 0 Å². The van der Waals surface area contributed by atoms with Crippen molar-refractivity contribution in [1.82, 2.24) is 5.32 Å². The van der Waals surface area contributed by atoms with E-state index in [1.807, 2.05) is 0 Å². The van der Waals surface area contributed by atoms with Crippen molar-refractivity contribution in [3.8, 4) is 0 Å². The minimum absolute atomic E-state index is 0.626. The van der Waals surface area contributed by atoms with Crippen molar-refractivity contribution in [2.24, 2.45) is 5.92 Å². The van der Waals surface area contributed by atoms with Crippen LogP contribution in [0.25, 0.3) is 0 Å². The molecule has 0 saturated heterocycles. The van der Waals surface area contributed by atoms with Crippen molar-refractivity contribution < 1.29 is 4.74 Å². The van der Waals surface area contributed by atoms with Crippen LogP contribution in [-0.2, 0) is 4.74 Å². The highest BCUT2D eigenvalue weighted by atomic mass is 16.5. The Hall–Kier alpha value is -0.0800. The minimum Gasteiger partial charge on any atom is -0.380 e. The fraction of sp³-hybridized carbons (Fsp3) is 1.00. The molecule has 0 spiro atoms. The van der Waals surface area contributed by atoms with Crippen LogP contribution in [0.1, 0.15) is 33.1 Å². The van der Waals surface area contributed by atoms with Crippen LogP contribution < -0.4 is 5.32 Å². The van der Waals surface area contributed by atoms with Gasteiger partial charge in [0.1, 0.15) is 0 Å². The number of nitrogens with one attached hydrogen (secondary N) is 1. The third-order valence-corrected chi connectivity index (χ3v) is 2.30. The summed E-state index contributed by atoms with van der Waals surface area (Å²) in [5.41, 5.74) is 0. The molecule has 1 saturated carbocycles. The van der Waals surface area contributed by atoms with E-state index in [4.69, 9.17) is 4.74 Å². The van der Waals surface area contributed by atoms with Gasteiger partial charge in [-0.15, -0.1) is 0 Å². The molecule has 0 amide bonds. The lowest BCUT2D eigenvalue weighted by molar-refractivity contribution is 0.106. The van der Waals surface area contributed by atoms with E-state index in [-0.39, 0.29) is 0 Å². The molecule has 12 heavy (non-hydrogen) atoms. The van der Waals surface area contributed by atoms with E-state index in [0.29, 0.717) is 6.04 Å². The molecule has 0 heterocycles. The molecule has 2 heteroatoms. The fourth-order valence-electron chi connectivity index (χ4n) is 1.48. The largest absolute Gasteiger partial charge is 0.380 e. The summed E-state index contributed by atoms with van der Waals surface area (Å²) in [7, 11) is 0. The molecule has 1 aliphatic rings. The zero-order valence-electron chi connectivity index (χ0n) is 8.31. The van der Waals surface area contributed by atoms with Crippen molar-refractivity contribution in [1.29, 1.82) is 0 Å². The number of ether oxygens (including phenoxy) is 1. The maximum Gasteiger partial charge on any atom is 0.0622 e. The third-order valence-electron chi connectivity index (χ3n) is 2.30. The second-order valence-corrected chi connectivity index (χ2v) is 3.58. The molecular weight excluding hydrogens is 150 g/mol. The molecule has 1 atom stereocenters. The van der Waals surface area contributed by atoms with Crippen LogP contribution in [0.4, 0.5) is 0 Å². The molecule has 2 nitrogen and oxygen atoms in total. The lowest BCUT2D eigenvalue weighted by Crippen LogP contribution is -2.35. The summed E-state index contributed by atoms with van der Waals surface area (Å²) >= 11 is 0. The van der Waals surface area contributed by atoms with Gasteiger partial charge in [0.05, 0.1) is 6.61 Å². The zero-order valence-corrected chi connectivity index (χ0v) is 8.31. The van der Waals surface area contributed by atoms with E-state index in [0.717, 1.165) is 32.1 Å². The van der Waals surface area contributed by atoms with Crippen LogP contribution in [0, 0.1) is 5.92 Å². The third kappa shape index (κ3) is 3.55. The molecule has 1 unspecified atom stereocenters. The van der Waals surface area contributed by atoms with Crippen molar-refractivity contribution >= 4 is 0 Å². The quantitative estimate of drug-likeness (QED) is 0.590. The predicted molar refractivity (Wildman–Crippen MR) is 51.3 cm³/mol. The van der Waals surface area contributed by atoms with Crippen LogP contribution in [0.3, 0.4) is 0 Å². The highest BCUT2D eigenvalue weighted by Gasteiger charge is 2.30. The first-order valence-electron chi connectivity index (χ1n) is 5.19. The molecule has 0 aromatic rings. The molecule has 1 rings (SSSR count). The number of hydrogen-bond donors (Lipinski definition) is 1. The van der Waals surface area contributed by atoms with E-state index in [2.05, 4.69) is 19.2 Å². The van der Waals surface area contributed by atoms with Gasteiger partial charge in [-0.25, -0.2) is 0 Å². The first kappa shape index (κ1) is 10.0. The molecule has 1 fully saturated rings. The van der Waals surface area contributed by atoms with E-state index < -0.39 is 0 Å². The summed E-state index contributed by atoms with van der Waals surface area (Å²) in [5, 5.41) is 3.48. The lowest BCUT2D eigenvalue weighted by atomic mass is 10.2. The van der Waals surface area contributed by atoms with Gasteiger partial charge in [-0.1, -0.05) is 13.8 Å². The maximum absolute atomic E-state index is 5.54. The molecule has 1 aliphatic carbocycles. The Morgan fingerprint density at radius 1 is 1.42 bits per heavy atom. The van der Waals surface area contributed by atoms with Crippen molar-refractivity contribution in [3.63, 3.8) is 0 Å². The average Bonchev–Trinajstić information content (AvgIpc) is 2.86. The topological polar surface area (TPSA) is 21.3 Å². The van der Waals surface area contributed by atoms with Crippen molar-refractivity contribution in [2.45, 2.75) is 39.2 Å².